The van der Waals surface area contributed by atoms with Crippen molar-refractivity contribution in [1.82, 2.24) is 0 Å². The van der Waals surface area contributed by atoms with Crippen LogP contribution < -0.4 is 0 Å². The molecule has 0 bridgehead atoms. The Kier molecular flexibility index (Phi) is 10.7. The molecule has 114 valence electrons. The number of hydrogen-bond donors (Lipinski definition) is 2. The molecular formula is C11H22O7S. The minimum Gasteiger partial charge on any atom is -0.481 e. The molecule has 0 aliphatic carbocycles. The van der Waals surface area contributed by atoms with Crippen molar-refractivity contribution in [3.05, 3.63) is 0 Å². The third kappa shape index (κ3) is 17.3. The lowest BCUT2D eigenvalue weighted by atomic mass is 10.1. The van der Waals surface area contributed by atoms with Gasteiger partial charge in [-0.2, -0.15) is 8.42 Å². The monoisotopic (exact) mass is 298 g/mol. The maximum absolute atomic E-state index is 10.2. The Morgan fingerprint density at radius 2 is 1.37 bits per heavy atom. The van der Waals surface area contributed by atoms with Gasteiger partial charge in [0.2, 0.25) is 0 Å². The van der Waals surface area contributed by atoms with Crippen molar-refractivity contribution in [2.75, 3.05) is 6.61 Å². The average molecular weight is 298 g/mol. The molecule has 0 radical (unpaired) electrons. The quantitative estimate of drug-likeness (QED) is 0.232. The van der Waals surface area contributed by atoms with Crippen LogP contribution in [0.15, 0.2) is 0 Å². The third-order valence-corrected chi connectivity index (χ3v) is 2.77. The first-order valence-electron chi connectivity index (χ1n) is 6.42. The highest BCUT2D eigenvalue weighted by atomic mass is 32.3. The van der Waals surface area contributed by atoms with Gasteiger partial charge < -0.3 is 5.11 Å². The van der Waals surface area contributed by atoms with Crippen LogP contribution in [-0.4, -0.2) is 30.7 Å². The summed E-state index contributed by atoms with van der Waals surface area (Å²) in [5.74, 6) is -0.743. The van der Waals surface area contributed by atoms with Crippen LogP contribution in [-0.2, 0) is 24.4 Å². The van der Waals surface area contributed by atoms with Crippen molar-refractivity contribution >= 4 is 16.4 Å². The van der Waals surface area contributed by atoms with Crippen LogP contribution in [0.2, 0.25) is 0 Å². The van der Waals surface area contributed by atoms with Gasteiger partial charge in [0.1, 0.15) is 0 Å². The maximum Gasteiger partial charge on any atom is 0.424 e. The van der Waals surface area contributed by atoms with Gasteiger partial charge in [0.05, 0.1) is 6.61 Å². The largest absolute Gasteiger partial charge is 0.481 e. The van der Waals surface area contributed by atoms with Gasteiger partial charge in [-0.3, -0.25) is 9.35 Å². The Morgan fingerprint density at radius 1 is 0.895 bits per heavy atom. The van der Waals surface area contributed by atoms with E-state index >= 15 is 0 Å². The van der Waals surface area contributed by atoms with Crippen LogP contribution in [0.3, 0.4) is 0 Å². The van der Waals surface area contributed by atoms with Crippen molar-refractivity contribution in [2.45, 2.75) is 57.8 Å². The Balaban J connectivity index is 3.09. The normalized spacial score (nSPS) is 11.6. The first kappa shape index (κ1) is 18.3. The van der Waals surface area contributed by atoms with Gasteiger partial charge in [-0.25, -0.2) is 4.89 Å². The third-order valence-electron chi connectivity index (χ3n) is 2.50. The zero-order valence-electron chi connectivity index (χ0n) is 10.9. The van der Waals surface area contributed by atoms with Crippen molar-refractivity contribution in [3.8, 4) is 0 Å². The SMILES string of the molecule is O=C(O)CCCCCCCCCCOOS(=O)(=O)O. The molecule has 0 aliphatic rings. The van der Waals surface area contributed by atoms with Crippen molar-refractivity contribution in [1.29, 1.82) is 0 Å². The lowest BCUT2D eigenvalue weighted by molar-refractivity contribution is -0.208. The zero-order valence-corrected chi connectivity index (χ0v) is 11.7. The fourth-order valence-corrected chi connectivity index (χ4v) is 1.78. The van der Waals surface area contributed by atoms with Crippen molar-refractivity contribution in [3.63, 3.8) is 0 Å². The van der Waals surface area contributed by atoms with Crippen LogP contribution in [0.25, 0.3) is 0 Å². The molecule has 0 aliphatic heterocycles. The minimum absolute atomic E-state index is 0.123. The molecule has 0 unspecified atom stereocenters. The van der Waals surface area contributed by atoms with Gasteiger partial charge in [-0.05, 0) is 12.8 Å². The molecule has 0 amide bonds. The summed E-state index contributed by atoms with van der Waals surface area (Å²) in [7, 11) is -4.50. The molecule has 2 N–H and O–H groups in total. The molecule has 0 rings (SSSR count). The molecule has 0 aromatic rings. The summed E-state index contributed by atoms with van der Waals surface area (Å²) < 4.78 is 32.1. The first-order chi connectivity index (χ1) is 8.92. The summed E-state index contributed by atoms with van der Waals surface area (Å²) in [6.45, 7) is 0.123. The molecule has 8 heteroatoms. The van der Waals surface area contributed by atoms with E-state index < -0.39 is 16.4 Å². The van der Waals surface area contributed by atoms with E-state index in [1.165, 1.54) is 0 Å². The van der Waals surface area contributed by atoms with Gasteiger partial charge >= 0.3 is 16.4 Å². The molecule has 0 atom stereocenters. The molecule has 0 saturated heterocycles. The Morgan fingerprint density at radius 3 is 1.84 bits per heavy atom. The maximum atomic E-state index is 10.2. The van der Waals surface area contributed by atoms with Gasteiger partial charge in [-0.1, -0.05) is 42.9 Å². The molecular weight excluding hydrogens is 276 g/mol. The number of aliphatic carboxylic acids is 1. The van der Waals surface area contributed by atoms with Gasteiger partial charge in [0, 0.05) is 6.42 Å². The number of rotatable bonds is 13. The Hall–Kier alpha value is -0.700. The van der Waals surface area contributed by atoms with Gasteiger partial charge in [0.15, 0.2) is 0 Å². The van der Waals surface area contributed by atoms with E-state index in [0.29, 0.717) is 6.42 Å². The van der Waals surface area contributed by atoms with Crippen LogP contribution in [0.1, 0.15) is 57.8 Å². The first-order valence-corrected chi connectivity index (χ1v) is 7.78. The molecule has 7 nitrogen and oxygen atoms in total. The zero-order chi connectivity index (χ0) is 14.6. The summed E-state index contributed by atoms with van der Waals surface area (Å²) in [4.78, 5) is 14.5. The van der Waals surface area contributed by atoms with Crippen molar-refractivity contribution < 1.29 is 32.1 Å². The van der Waals surface area contributed by atoms with Crippen LogP contribution >= 0.6 is 0 Å². The fourth-order valence-electron chi connectivity index (χ4n) is 1.59. The van der Waals surface area contributed by atoms with E-state index in [2.05, 4.69) is 9.22 Å². The molecule has 19 heavy (non-hydrogen) atoms. The van der Waals surface area contributed by atoms with E-state index in [9.17, 15) is 13.2 Å². The number of hydrogen-bond acceptors (Lipinski definition) is 5. The predicted octanol–water partition coefficient (Wildman–Crippen LogP) is 2.33. The van der Waals surface area contributed by atoms with E-state index in [1.807, 2.05) is 0 Å². The highest BCUT2D eigenvalue weighted by molar-refractivity contribution is 7.80. The molecule has 0 aromatic heterocycles. The summed E-state index contributed by atoms with van der Waals surface area (Å²) in [6.07, 6.45) is 7.65. The topological polar surface area (TPSA) is 110 Å². The van der Waals surface area contributed by atoms with E-state index in [0.717, 1.165) is 44.9 Å². The standard InChI is InChI=1S/C11H22O7S/c12-11(13)9-7-5-3-1-2-4-6-8-10-17-18-19(14,15)16/h1-10H2,(H,12,13)(H,14,15,16). The lowest BCUT2D eigenvalue weighted by Gasteiger charge is -2.02. The number of carboxylic acid groups (broad SMARTS) is 1. The van der Waals surface area contributed by atoms with Gasteiger partial charge in [-0.15, -0.1) is 0 Å². The minimum atomic E-state index is -4.50. The highest BCUT2D eigenvalue weighted by Gasteiger charge is 2.04. The van der Waals surface area contributed by atoms with E-state index in [4.69, 9.17) is 9.66 Å². The smallest absolute Gasteiger partial charge is 0.424 e. The predicted molar refractivity (Wildman–Crippen MR) is 67.8 cm³/mol. The summed E-state index contributed by atoms with van der Waals surface area (Å²) in [6, 6.07) is 0. The number of carboxylic acids is 1. The molecule has 0 fully saturated rings. The van der Waals surface area contributed by atoms with Gasteiger partial charge in [0.25, 0.3) is 0 Å². The Labute approximate surface area is 113 Å². The summed E-state index contributed by atoms with van der Waals surface area (Å²) >= 11 is 0. The molecule has 0 saturated carbocycles. The van der Waals surface area contributed by atoms with Crippen LogP contribution in [0.5, 0.6) is 0 Å². The number of carbonyl (C=O) groups is 1. The summed E-state index contributed by atoms with van der Waals surface area (Å²) in [5.41, 5.74) is 0. The summed E-state index contributed by atoms with van der Waals surface area (Å²) in [5, 5.41) is 8.43. The highest BCUT2D eigenvalue weighted by Crippen LogP contribution is 2.09. The second-order valence-corrected chi connectivity index (χ2v) is 5.28. The van der Waals surface area contributed by atoms with Crippen molar-refractivity contribution in [2.24, 2.45) is 0 Å². The lowest BCUT2D eigenvalue weighted by Crippen LogP contribution is -2.05. The van der Waals surface area contributed by atoms with E-state index in [-0.39, 0.29) is 13.0 Å². The fraction of sp³-hybridized carbons (Fsp3) is 0.909. The average Bonchev–Trinajstić information content (AvgIpc) is 2.28. The number of unbranched alkanes of at least 4 members (excludes halogenated alkanes) is 7. The second-order valence-electron chi connectivity index (χ2n) is 4.29. The molecule has 0 spiro atoms. The second kappa shape index (κ2) is 11.2. The van der Waals surface area contributed by atoms with Crippen LogP contribution in [0.4, 0.5) is 0 Å². The van der Waals surface area contributed by atoms with Crippen LogP contribution in [0, 0.1) is 0 Å². The Bertz CT molecular complexity index is 326. The molecule has 0 aromatic carbocycles. The molecule has 0 heterocycles. The van der Waals surface area contributed by atoms with E-state index in [1.54, 1.807) is 0 Å².